The molecule has 1 aliphatic heterocycles. The number of fused-ring (bicyclic) bond motifs is 1. The van der Waals surface area contributed by atoms with Gasteiger partial charge in [0.15, 0.2) is 5.82 Å². The topological polar surface area (TPSA) is 111 Å². The smallest absolute Gasteiger partial charge is 0.319 e. The molecule has 9 heteroatoms. The zero-order valence-electron chi connectivity index (χ0n) is 21.8. The zero-order valence-corrected chi connectivity index (χ0v) is 21.8. The first kappa shape index (κ1) is 26.0. The third kappa shape index (κ3) is 7.22. The summed E-state index contributed by atoms with van der Waals surface area (Å²) in [5.41, 5.74) is 4.03. The molecule has 1 saturated heterocycles. The molecule has 1 aromatic carbocycles. The van der Waals surface area contributed by atoms with Gasteiger partial charge in [-0.3, -0.25) is 5.10 Å². The highest BCUT2D eigenvalue weighted by molar-refractivity contribution is 5.93. The SMILES string of the molecule is CCCCCCNC(=O)Nc1cn[nH]c1-c1nc2cc(OCCCCN3CCCCC3)c(C)cc2[nH]1. The fourth-order valence-corrected chi connectivity index (χ4v) is 4.70. The summed E-state index contributed by atoms with van der Waals surface area (Å²) < 4.78 is 6.11. The van der Waals surface area contributed by atoms with E-state index in [1.807, 2.05) is 6.07 Å². The number of anilines is 1. The molecular weight excluding hydrogens is 454 g/mol. The molecule has 9 nitrogen and oxygen atoms in total. The third-order valence-corrected chi connectivity index (χ3v) is 6.79. The molecule has 196 valence electrons. The number of ether oxygens (including phenoxy) is 1. The van der Waals surface area contributed by atoms with Crippen molar-refractivity contribution in [1.29, 1.82) is 0 Å². The lowest BCUT2D eigenvalue weighted by molar-refractivity contribution is 0.216. The van der Waals surface area contributed by atoms with Crippen LogP contribution in [-0.4, -0.2) is 63.9 Å². The number of carbonyl (C=O) groups excluding carboxylic acids is 1. The second kappa shape index (κ2) is 13.3. The number of hydrogen-bond acceptors (Lipinski definition) is 5. The Labute approximate surface area is 213 Å². The van der Waals surface area contributed by atoms with Gasteiger partial charge in [0.1, 0.15) is 11.4 Å². The second-order valence-electron chi connectivity index (χ2n) is 9.78. The first-order valence-corrected chi connectivity index (χ1v) is 13.6. The number of nitrogens with one attached hydrogen (secondary N) is 4. The van der Waals surface area contributed by atoms with E-state index in [0.29, 0.717) is 30.4 Å². The minimum Gasteiger partial charge on any atom is -0.493 e. The van der Waals surface area contributed by atoms with E-state index in [9.17, 15) is 4.79 Å². The van der Waals surface area contributed by atoms with Crippen LogP contribution in [0.25, 0.3) is 22.6 Å². The van der Waals surface area contributed by atoms with Crippen LogP contribution in [0.15, 0.2) is 18.3 Å². The number of H-pyrrole nitrogens is 2. The van der Waals surface area contributed by atoms with Gasteiger partial charge in [-0.05, 0) is 70.3 Å². The summed E-state index contributed by atoms with van der Waals surface area (Å²) in [6, 6.07) is 3.81. The molecule has 0 unspecified atom stereocenters. The van der Waals surface area contributed by atoms with Crippen LogP contribution in [0.2, 0.25) is 0 Å². The van der Waals surface area contributed by atoms with Crippen LogP contribution < -0.4 is 15.4 Å². The van der Waals surface area contributed by atoms with Gasteiger partial charge >= 0.3 is 6.03 Å². The molecule has 2 aromatic heterocycles. The first-order valence-electron chi connectivity index (χ1n) is 13.6. The van der Waals surface area contributed by atoms with E-state index in [4.69, 9.17) is 9.72 Å². The van der Waals surface area contributed by atoms with Crippen LogP contribution in [0.3, 0.4) is 0 Å². The first-order chi connectivity index (χ1) is 17.6. The van der Waals surface area contributed by atoms with Gasteiger partial charge in [-0.1, -0.05) is 32.6 Å². The number of urea groups is 1. The van der Waals surface area contributed by atoms with Crippen molar-refractivity contribution in [2.75, 3.05) is 38.1 Å². The van der Waals surface area contributed by atoms with Crippen LogP contribution >= 0.6 is 0 Å². The number of unbranched alkanes of at least 4 members (excludes halogenated alkanes) is 4. The maximum absolute atomic E-state index is 12.3. The third-order valence-electron chi connectivity index (χ3n) is 6.79. The number of rotatable bonds is 13. The number of carbonyl (C=O) groups is 1. The fraction of sp³-hybridized carbons (Fsp3) is 0.593. The van der Waals surface area contributed by atoms with Gasteiger partial charge in [0.05, 0.1) is 29.5 Å². The maximum atomic E-state index is 12.3. The molecule has 0 aliphatic carbocycles. The Hall–Kier alpha value is -3.07. The lowest BCUT2D eigenvalue weighted by Crippen LogP contribution is -2.30. The van der Waals surface area contributed by atoms with Crippen molar-refractivity contribution < 1.29 is 9.53 Å². The highest BCUT2D eigenvalue weighted by atomic mass is 16.5. The summed E-state index contributed by atoms with van der Waals surface area (Å²) >= 11 is 0. The second-order valence-corrected chi connectivity index (χ2v) is 9.78. The van der Waals surface area contributed by atoms with Gasteiger partial charge in [-0.2, -0.15) is 5.10 Å². The van der Waals surface area contributed by atoms with Crippen molar-refractivity contribution in [3.05, 3.63) is 23.9 Å². The van der Waals surface area contributed by atoms with Crippen molar-refractivity contribution in [2.45, 2.75) is 71.6 Å². The Kier molecular flexibility index (Phi) is 9.61. The van der Waals surface area contributed by atoms with Gasteiger partial charge < -0.3 is 25.3 Å². The summed E-state index contributed by atoms with van der Waals surface area (Å²) in [4.78, 5) is 23.0. The maximum Gasteiger partial charge on any atom is 0.319 e. The number of aromatic nitrogens is 4. The van der Waals surface area contributed by atoms with Crippen LogP contribution in [0.5, 0.6) is 5.75 Å². The largest absolute Gasteiger partial charge is 0.493 e. The molecule has 3 aromatic rings. The number of amides is 2. The lowest BCUT2D eigenvalue weighted by atomic mass is 10.1. The fourth-order valence-electron chi connectivity index (χ4n) is 4.70. The zero-order chi connectivity index (χ0) is 25.2. The predicted octanol–water partition coefficient (Wildman–Crippen LogP) is 5.61. The van der Waals surface area contributed by atoms with E-state index in [1.165, 1.54) is 51.7 Å². The van der Waals surface area contributed by atoms with Crippen LogP contribution in [-0.2, 0) is 0 Å². The number of benzene rings is 1. The van der Waals surface area contributed by atoms with Crippen molar-refractivity contribution in [3.8, 4) is 17.3 Å². The highest BCUT2D eigenvalue weighted by Gasteiger charge is 2.16. The van der Waals surface area contributed by atoms with Crippen molar-refractivity contribution in [3.63, 3.8) is 0 Å². The van der Waals surface area contributed by atoms with Crippen LogP contribution in [0.1, 0.15) is 70.3 Å². The highest BCUT2D eigenvalue weighted by Crippen LogP contribution is 2.29. The number of imidazole rings is 1. The summed E-state index contributed by atoms with van der Waals surface area (Å²) in [6.45, 7) is 9.25. The van der Waals surface area contributed by atoms with E-state index in [0.717, 1.165) is 48.0 Å². The Morgan fingerprint density at radius 3 is 2.81 bits per heavy atom. The molecule has 3 heterocycles. The molecule has 0 radical (unpaired) electrons. The number of hydrogen-bond donors (Lipinski definition) is 4. The van der Waals surface area contributed by atoms with Gasteiger partial charge in [-0.15, -0.1) is 0 Å². The molecule has 1 fully saturated rings. The Morgan fingerprint density at radius 1 is 1.11 bits per heavy atom. The Morgan fingerprint density at radius 2 is 1.97 bits per heavy atom. The van der Waals surface area contributed by atoms with Crippen LogP contribution in [0, 0.1) is 6.92 Å². The molecule has 2 amide bonds. The Balaban J connectivity index is 1.31. The molecule has 0 saturated carbocycles. The van der Waals surface area contributed by atoms with Crippen molar-refractivity contribution >= 4 is 22.8 Å². The van der Waals surface area contributed by atoms with E-state index >= 15 is 0 Å². The molecule has 36 heavy (non-hydrogen) atoms. The van der Waals surface area contributed by atoms with Gasteiger partial charge in [-0.25, -0.2) is 9.78 Å². The van der Waals surface area contributed by atoms with E-state index in [1.54, 1.807) is 6.20 Å². The summed E-state index contributed by atoms with van der Waals surface area (Å²) in [6.07, 6.45) is 12.3. The van der Waals surface area contributed by atoms with Gasteiger partial charge in [0.2, 0.25) is 0 Å². The van der Waals surface area contributed by atoms with Gasteiger partial charge in [0, 0.05) is 12.6 Å². The van der Waals surface area contributed by atoms with Gasteiger partial charge in [0.25, 0.3) is 0 Å². The van der Waals surface area contributed by atoms with E-state index in [2.05, 4.69) is 50.6 Å². The molecule has 1 aliphatic rings. The average molecular weight is 496 g/mol. The number of piperidine rings is 1. The number of aryl methyl sites for hydroxylation is 1. The molecule has 0 atom stereocenters. The minimum absolute atomic E-state index is 0.239. The quantitative estimate of drug-likeness (QED) is 0.230. The minimum atomic E-state index is -0.239. The van der Waals surface area contributed by atoms with Crippen molar-refractivity contribution in [2.24, 2.45) is 0 Å². The normalized spacial score (nSPS) is 14.3. The van der Waals surface area contributed by atoms with Crippen molar-refractivity contribution in [1.82, 2.24) is 30.4 Å². The number of aromatic amines is 2. The van der Waals surface area contributed by atoms with E-state index in [-0.39, 0.29) is 6.03 Å². The van der Waals surface area contributed by atoms with E-state index < -0.39 is 0 Å². The summed E-state index contributed by atoms with van der Waals surface area (Å²) in [5, 5.41) is 12.9. The molecule has 4 rings (SSSR count). The molecule has 4 N–H and O–H groups in total. The number of likely N-dealkylation sites (tertiary alicyclic amines) is 1. The van der Waals surface area contributed by atoms with Crippen LogP contribution in [0.4, 0.5) is 10.5 Å². The molecular formula is C27H41N7O2. The molecule has 0 bridgehead atoms. The summed E-state index contributed by atoms with van der Waals surface area (Å²) in [5.74, 6) is 1.49. The standard InChI is InChI=1S/C27H41N7O2/c1-3-4-5-7-12-28-27(35)32-23-19-29-33-25(23)26-30-21-17-20(2)24(18-22(21)31-26)36-16-11-10-15-34-13-8-6-9-14-34/h17-19H,3-16H2,1-2H3,(H,29,33)(H,30,31)(H2,28,32,35). The average Bonchev–Trinajstić information content (AvgIpc) is 3.50. The lowest BCUT2D eigenvalue weighted by Gasteiger charge is -2.26. The summed E-state index contributed by atoms with van der Waals surface area (Å²) in [7, 11) is 0. The predicted molar refractivity (Wildman–Crippen MR) is 145 cm³/mol. The molecule has 0 spiro atoms. The monoisotopic (exact) mass is 495 g/mol. The Bertz CT molecular complexity index is 1100. The number of nitrogens with zero attached hydrogens (tertiary/aromatic N) is 3.